The van der Waals surface area contributed by atoms with Gasteiger partial charge in [0.1, 0.15) is 11.5 Å². The number of ether oxygens (including phenoxy) is 3. The van der Waals surface area contributed by atoms with Crippen molar-refractivity contribution in [1.82, 2.24) is 0 Å². The number of carbonyl (C=O) groups is 1. The van der Waals surface area contributed by atoms with Gasteiger partial charge >= 0.3 is 5.97 Å². The minimum Gasteiger partial charge on any atom is -0.496 e. The summed E-state index contributed by atoms with van der Waals surface area (Å²) >= 11 is 0. The van der Waals surface area contributed by atoms with Crippen LogP contribution in [0, 0.1) is 0 Å². The fourth-order valence-electron chi connectivity index (χ4n) is 2.06. The summed E-state index contributed by atoms with van der Waals surface area (Å²) in [6.45, 7) is 0.451. The van der Waals surface area contributed by atoms with E-state index in [0.717, 1.165) is 0 Å². The van der Waals surface area contributed by atoms with Crippen molar-refractivity contribution in [3.05, 3.63) is 23.3 Å². The first-order chi connectivity index (χ1) is 8.69. The molecule has 6 nitrogen and oxygen atoms in total. The molecule has 0 aliphatic carbocycles. The zero-order valence-corrected chi connectivity index (χ0v) is 10.0. The van der Waals surface area contributed by atoms with Gasteiger partial charge in [0.2, 0.25) is 0 Å². The zero-order valence-electron chi connectivity index (χ0n) is 10.0. The Bertz CT molecular complexity index is 460. The largest absolute Gasteiger partial charge is 0.496 e. The number of aliphatic carboxylic acids is 1. The average molecular weight is 253 g/mol. The number of benzene rings is 1. The Kier molecular flexibility index (Phi) is 3.69. The maximum atomic E-state index is 11.3. The average Bonchev–Trinajstić information content (AvgIpc) is 2.39. The molecule has 0 bridgehead atoms. The first-order valence-electron chi connectivity index (χ1n) is 5.52. The molecule has 18 heavy (non-hydrogen) atoms. The highest BCUT2D eigenvalue weighted by Crippen LogP contribution is 2.37. The van der Waals surface area contributed by atoms with E-state index in [1.54, 1.807) is 12.1 Å². The van der Waals surface area contributed by atoms with E-state index in [-0.39, 0.29) is 13.3 Å². The van der Waals surface area contributed by atoms with Crippen LogP contribution in [0.25, 0.3) is 0 Å². The molecule has 0 saturated carbocycles. The summed E-state index contributed by atoms with van der Waals surface area (Å²) in [5.41, 5.74) is 6.77. The molecule has 1 aromatic rings. The van der Waals surface area contributed by atoms with E-state index in [1.807, 2.05) is 0 Å². The molecule has 0 radical (unpaired) electrons. The van der Waals surface area contributed by atoms with Crippen LogP contribution in [0.4, 0.5) is 0 Å². The number of hydrogen-bond donors (Lipinski definition) is 2. The number of methoxy groups -OCH3 is 1. The standard InChI is InChI=1S/C12H15NO5/c1-16-10-3-2-9-8(5-17-6-18-9)11(10)7(4-13)12(14)15/h2-3,7H,4-6,13H2,1H3,(H,14,15). The summed E-state index contributed by atoms with van der Waals surface area (Å²) in [7, 11) is 1.49. The van der Waals surface area contributed by atoms with Crippen molar-refractivity contribution in [3.63, 3.8) is 0 Å². The molecule has 0 aromatic heterocycles. The number of hydrogen-bond acceptors (Lipinski definition) is 5. The van der Waals surface area contributed by atoms with E-state index in [1.165, 1.54) is 7.11 Å². The molecule has 6 heteroatoms. The van der Waals surface area contributed by atoms with Crippen LogP contribution in [0.3, 0.4) is 0 Å². The van der Waals surface area contributed by atoms with E-state index >= 15 is 0 Å². The molecule has 0 saturated heterocycles. The van der Waals surface area contributed by atoms with Gasteiger partial charge in [-0.05, 0) is 12.1 Å². The maximum absolute atomic E-state index is 11.3. The SMILES string of the molecule is COc1ccc2c(c1C(CN)C(=O)O)COCO2. The van der Waals surface area contributed by atoms with Crippen molar-refractivity contribution >= 4 is 5.97 Å². The summed E-state index contributed by atoms with van der Waals surface area (Å²) in [5, 5.41) is 9.23. The van der Waals surface area contributed by atoms with Gasteiger partial charge in [-0.1, -0.05) is 0 Å². The van der Waals surface area contributed by atoms with Crippen LogP contribution < -0.4 is 15.2 Å². The quantitative estimate of drug-likeness (QED) is 0.820. The number of rotatable bonds is 4. The van der Waals surface area contributed by atoms with Crippen molar-refractivity contribution in [2.45, 2.75) is 12.5 Å². The van der Waals surface area contributed by atoms with Gasteiger partial charge in [-0.2, -0.15) is 0 Å². The van der Waals surface area contributed by atoms with Crippen LogP contribution >= 0.6 is 0 Å². The van der Waals surface area contributed by atoms with Crippen molar-refractivity contribution in [2.75, 3.05) is 20.4 Å². The second-order valence-electron chi connectivity index (χ2n) is 3.90. The van der Waals surface area contributed by atoms with Crippen LogP contribution in [-0.4, -0.2) is 31.5 Å². The Morgan fingerprint density at radius 2 is 2.39 bits per heavy atom. The lowest BCUT2D eigenvalue weighted by Gasteiger charge is -2.24. The van der Waals surface area contributed by atoms with E-state index in [9.17, 15) is 9.90 Å². The molecule has 1 atom stereocenters. The first-order valence-corrected chi connectivity index (χ1v) is 5.52. The van der Waals surface area contributed by atoms with Crippen molar-refractivity contribution < 1.29 is 24.1 Å². The minimum atomic E-state index is -0.991. The lowest BCUT2D eigenvalue weighted by atomic mass is 9.92. The lowest BCUT2D eigenvalue weighted by molar-refractivity contribution is -0.138. The Hall–Kier alpha value is -1.79. The molecule has 1 heterocycles. The van der Waals surface area contributed by atoms with Crippen LogP contribution in [-0.2, 0) is 16.1 Å². The van der Waals surface area contributed by atoms with Gasteiger partial charge in [-0.3, -0.25) is 4.79 Å². The molecule has 0 spiro atoms. The molecule has 1 aliphatic rings. The van der Waals surface area contributed by atoms with E-state index < -0.39 is 11.9 Å². The summed E-state index contributed by atoms with van der Waals surface area (Å²) in [6, 6.07) is 3.43. The smallest absolute Gasteiger partial charge is 0.312 e. The predicted molar refractivity (Wildman–Crippen MR) is 62.7 cm³/mol. The third kappa shape index (κ3) is 2.12. The molecule has 2 rings (SSSR count). The normalized spacial score (nSPS) is 15.4. The summed E-state index contributed by atoms with van der Waals surface area (Å²) in [5.74, 6) is -0.715. The molecule has 1 aromatic carbocycles. The summed E-state index contributed by atoms with van der Waals surface area (Å²) in [4.78, 5) is 11.3. The monoisotopic (exact) mass is 253 g/mol. The summed E-state index contributed by atoms with van der Waals surface area (Å²) in [6.07, 6.45) is 0. The number of carboxylic acid groups (broad SMARTS) is 1. The highest BCUT2D eigenvalue weighted by atomic mass is 16.7. The van der Waals surface area contributed by atoms with Crippen LogP contribution in [0.15, 0.2) is 12.1 Å². The van der Waals surface area contributed by atoms with Gasteiger partial charge in [0, 0.05) is 17.7 Å². The van der Waals surface area contributed by atoms with E-state index in [4.69, 9.17) is 19.9 Å². The van der Waals surface area contributed by atoms with Crippen molar-refractivity contribution in [2.24, 2.45) is 5.73 Å². The van der Waals surface area contributed by atoms with Gasteiger partial charge in [0.05, 0.1) is 19.6 Å². The van der Waals surface area contributed by atoms with Gasteiger partial charge in [-0.25, -0.2) is 0 Å². The fourth-order valence-corrected chi connectivity index (χ4v) is 2.06. The second kappa shape index (κ2) is 5.24. The van der Waals surface area contributed by atoms with Crippen molar-refractivity contribution in [3.8, 4) is 11.5 Å². The van der Waals surface area contributed by atoms with Gasteiger partial charge in [0.25, 0.3) is 0 Å². The molecular weight excluding hydrogens is 238 g/mol. The highest BCUT2D eigenvalue weighted by Gasteiger charge is 2.28. The fraction of sp³-hybridized carbons (Fsp3) is 0.417. The summed E-state index contributed by atoms with van der Waals surface area (Å²) < 4.78 is 15.7. The van der Waals surface area contributed by atoms with Crippen molar-refractivity contribution in [1.29, 1.82) is 0 Å². The number of fused-ring (bicyclic) bond motifs is 1. The molecular formula is C12H15NO5. The number of carboxylic acids is 1. The van der Waals surface area contributed by atoms with Gasteiger partial charge < -0.3 is 25.1 Å². The topological polar surface area (TPSA) is 91.0 Å². The Balaban J connectivity index is 2.57. The predicted octanol–water partition coefficient (Wildman–Crippen LogP) is 0.689. The van der Waals surface area contributed by atoms with Gasteiger partial charge in [0.15, 0.2) is 6.79 Å². The molecule has 98 valence electrons. The van der Waals surface area contributed by atoms with E-state index in [0.29, 0.717) is 29.2 Å². The Labute approximate surface area is 104 Å². The Morgan fingerprint density at radius 3 is 3.00 bits per heavy atom. The van der Waals surface area contributed by atoms with Crippen LogP contribution in [0.1, 0.15) is 17.0 Å². The first kappa shape index (κ1) is 12.7. The highest BCUT2D eigenvalue weighted by molar-refractivity contribution is 5.79. The lowest BCUT2D eigenvalue weighted by Crippen LogP contribution is -2.25. The second-order valence-corrected chi connectivity index (χ2v) is 3.90. The third-order valence-corrected chi connectivity index (χ3v) is 2.92. The zero-order chi connectivity index (χ0) is 13.1. The van der Waals surface area contributed by atoms with Gasteiger partial charge in [-0.15, -0.1) is 0 Å². The van der Waals surface area contributed by atoms with Crippen LogP contribution in [0.5, 0.6) is 11.5 Å². The molecule has 1 unspecified atom stereocenters. The molecule has 0 fully saturated rings. The maximum Gasteiger partial charge on any atom is 0.312 e. The number of nitrogens with two attached hydrogens (primary N) is 1. The molecule has 0 amide bonds. The molecule has 3 N–H and O–H groups in total. The third-order valence-electron chi connectivity index (χ3n) is 2.92. The molecule has 1 aliphatic heterocycles. The minimum absolute atomic E-state index is 0.0118. The van der Waals surface area contributed by atoms with Crippen LogP contribution in [0.2, 0.25) is 0 Å². The Morgan fingerprint density at radius 1 is 1.61 bits per heavy atom. The van der Waals surface area contributed by atoms with E-state index in [2.05, 4.69) is 0 Å².